The molecule has 0 aliphatic rings. The van der Waals surface area contributed by atoms with E-state index < -0.39 is 22.8 Å². The van der Waals surface area contributed by atoms with Gasteiger partial charge >= 0.3 is 5.97 Å². The fourth-order valence-corrected chi connectivity index (χ4v) is 1.87. The van der Waals surface area contributed by atoms with Crippen LogP contribution in [-0.2, 0) is 16.0 Å². The second-order valence-corrected chi connectivity index (χ2v) is 4.87. The van der Waals surface area contributed by atoms with E-state index in [-0.39, 0.29) is 18.0 Å². The van der Waals surface area contributed by atoms with Gasteiger partial charge in [0.15, 0.2) is 0 Å². The van der Waals surface area contributed by atoms with Crippen LogP contribution in [0.1, 0.15) is 25.8 Å². The van der Waals surface area contributed by atoms with E-state index >= 15 is 0 Å². The summed E-state index contributed by atoms with van der Waals surface area (Å²) in [7, 11) is 0. The van der Waals surface area contributed by atoms with Crippen molar-refractivity contribution >= 4 is 17.6 Å². The number of rotatable bonds is 7. The smallest absolute Gasteiger partial charge is 0.326 e. The van der Waals surface area contributed by atoms with Gasteiger partial charge in [-0.25, -0.2) is 4.79 Å². The van der Waals surface area contributed by atoms with Gasteiger partial charge in [-0.3, -0.25) is 14.9 Å². The molecular weight excluding hydrogens is 276 g/mol. The highest BCUT2D eigenvalue weighted by Gasteiger charge is 2.25. The average molecular weight is 294 g/mol. The van der Waals surface area contributed by atoms with Crippen molar-refractivity contribution in [3.8, 4) is 0 Å². The zero-order chi connectivity index (χ0) is 16.0. The van der Waals surface area contributed by atoms with Gasteiger partial charge < -0.3 is 10.4 Å². The van der Waals surface area contributed by atoms with E-state index in [4.69, 9.17) is 5.11 Å². The van der Waals surface area contributed by atoms with Gasteiger partial charge in [-0.2, -0.15) is 0 Å². The van der Waals surface area contributed by atoms with Crippen LogP contribution in [0.25, 0.3) is 0 Å². The molecule has 1 rings (SSSR count). The summed E-state index contributed by atoms with van der Waals surface area (Å²) in [6.07, 6.45) is 0.524. The Kier molecular flexibility index (Phi) is 5.83. The van der Waals surface area contributed by atoms with Crippen molar-refractivity contribution in [1.82, 2.24) is 5.32 Å². The Labute approximate surface area is 122 Å². The van der Waals surface area contributed by atoms with Gasteiger partial charge in [-0.1, -0.05) is 32.4 Å². The quantitative estimate of drug-likeness (QED) is 0.588. The SMILES string of the molecule is CC[C@H](C)[C@H](NC(=O)Cc1cccc([N+](=O)[O-])c1)C(=O)O. The van der Waals surface area contributed by atoms with Crippen molar-refractivity contribution in [2.24, 2.45) is 5.92 Å². The molecule has 0 saturated carbocycles. The first kappa shape index (κ1) is 16.6. The van der Waals surface area contributed by atoms with E-state index in [2.05, 4.69) is 5.32 Å². The fourth-order valence-electron chi connectivity index (χ4n) is 1.87. The number of carbonyl (C=O) groups excluding carboxylic acids is 1. The molecule has 2 N–H and O–H groups in total. The minimum Gasteiger partial charge on any atom is -0.480 e. The van der Waals surface area contributed by atoms with Crippen molar-refractivity contribution in [2.75, 3.05) is 0 Å². The van der Waals surface area contributed by atoms with Gasteiger partial charge in [0.25, 0.3) is 5.69 Å². The monoisotopic (exact) mass is 294 g/mol. The molecule has 0 saturated heterocycles. The summed E-state index contributed by atoms with van der Waals surface area (Å²) in [6.45, 7) is 3.58. The summed E-state index contributed by atoms with van der Waals surface area (Å²) in [6, 6.07) is 4.76. The van der Waals surface area contributed by atoms with E-state index in [1.165, 1.54) is 18.2 Å². The zero-order valence-corrected chi connectivity index (χ0v) is 11.9. The van der Waals surface area contributed by atoms with Crippen LogP contribution in [0.4, 0.5) is 5.69 Å². The average Bonchev–Trinajstić information content (AvgIpc) is 2.43. The third-order valence-corrected chi connectivity index (χ3v) is 3.28. The Bertz CT molecular complexity index is 544. The van der Waals surface area contributed by atoms with Gasteiger partial charge in [0.2, 0.25) is 5.91 Å². The number of nitro benzene ring substituents is 1. The number of carboxylic acid groups (broad SMARTS) is 1. The van der Waals surface area contributed by atoms with Crippen LogP contribution in [0.15, 0.2) is 24.3 Å². The summed E-state index contributed by atoms with van der Waals surface area (Å²) in [4.78, 5) is 33.1. The Morgan fingerprint density at radius 1 is 1.43 bits per heavy atom. The molecule has 7 nitrogen and oxygen atoms in total. The molecule has 1 amide bonds. The number of hydrogen-bond donors (Lipinski definition) is 2. The van der Waals surface area contributed by atoms with Gasteiger partial charge in [0.1, 0.15) is 6.04 Å². The second kappa shape index (κ2) is 7.37. The van der Waals surface area contributed by atoms with Gasteiger partial charge in [0, 0.05) is 12.1 Å². The predicted molar refractivity (Wildman–Crippen MR) is 75.8 cm³/mol. The van der Waals surface area contributed by atoms with E-state index in [0.29, 0.717) is 12.0 Å². The number of amides is 1. The van der Waals surface area contributed by atoms with Gasteiger partial charge in [-0.05, 0) is 11.5 Å². The number of carbonyl (C=O) groups is 2. The Hall–Kier alpha value is -2.44. The predicted octanol–water partition coefficient (Wildman–Crippen LogP) is 1.75. The first-order valence-corrected chi connectivity index (χ1v) is 6.60. The molecule has 21 heavy (non-hydrogen) atoms. The highest BCUT2D eigenvalue weighted by molar-refractivity contribution is 5.85. The molecule has 0 fully saturated rings. The van der Waals surface area contributed by atoms with Crippen LogP contribution in [0.5, 0.6) is 0 Å². The summed E-state index contributed by atoms with van der Waals surface area (Å²) in [5.41, 5.74) is 0.368. The van der Waals surface area contributed by atoms with E-state index in [1.54, 1.807) is 13.0 Å². The van der Waals surface area contributed by atoms with E-state index in [1.807, 2.05) is 6.92 Å². The first-order valence-electron chi connectivity index (χ1n) is 6.60. The second-order valence-electron chi connectivity index (χ2n) is 4.87. The maximum atomic E-state index is 11.9. The lowest BCUT2D eigenvalue weighted by molar-refractivity contribution is -0.384. The standard InChI is InChI=1S/C14H18N2O5/c1-3-9(2)13(14(18)19)15-12(17)8-10-5-4-6-11(7-10)16(20)21/h4-7,9,13H,3,8H2,1-2H3,(H,15,17)(H,18,19)/t9-,13-/m0/s1. The molecular formula is C14H18N2O5. The molecule has 114 valence electrons. The highest BCUT2D eigenvalue weighted by atomic mass is 16.6. The van der Waals surface area contributed by atoms with Crippen molar-refractivity contribution in [1.29, 1.82) is 0 Å². The highest BCUT2D eigenvalue weighted by Crippen LogP contribution is 2.14. The molecule has 0 unspecified atom stereocenters. The number of nitro groups is 1. The summed E-state index contributed by atoms with van der Waals surface area (Å²) < 4.78 is 0. The van der Waals surface area contributed by atoms with Crippen LogP contribution >= 0.6 is 0 Å². The maximum Gasteiger partial charge on any atom is 0.326 e. The molecule has 0 aromatic heterocycles. The third kappa shape index (κ3) is 4.87. The van der Waals surface area contributed by atoms with Crippen molar-refractivity contribution < 1.29 is 19.6 Å². The van der Waals surface area contributed by atoms with Crippen molar-refractivity contribution in [3.63, 3.8) is 0 Å². The molecule has 0 bridgehead atoms. The minimum atomic E-state index is -1.09. The molecule has 1 aromatic rings. The van der Waals surface area contributed by atoms with Crippen LogP contribution in [-0.4, -0.2) is 27.9 Å². The fraction of sp³-hybridized carbons (Fsp3) is 0.429. The number of hydrogen-bond acceptors (Lipinski definition) is 4. The van der Waals surface area contributed by atoms with Crippen LogP contribution < -0.4 is 5.32 Å². The van der Waals surface area contributed by atoms with Crippen LogP contribution in [0.2, 0.25) is 0 Å². The van der Waals surface area contributed by atoms with Crippen LogP contribution in [0.3, 0.4) is 0 Å². The number of nitrogens with zero attached hydrogens (tertiary/aromatic N) is 1. The first-order chi connectivity index (χ1) is 9.85. The lowest BCUT2D eigenvalue weighted by Crippen LogP contribution is -2.45. The zero-order valence-electron chi connectivity index (χ0n) is 11.9. The summed E-state index contributed by atoms with van der Waals surface area (Å²) in [5.74, 6) is -1.75. The molecule has 7 heteroatoms. The topological polar surface area (TPSA) is 110 Å². The molecule has 2 atom stereocenters. The van der Waals surface area contributed by atoms with Crippen molar-refractivity contribution in [3.05, 3.63) is 39.9 Å². The Morgan fingerprint density at radius 2 is 2.10 bits per heavy atom. The Balaban J connectivity index is 2.74. The van der Waals surface area contributed by atoms with Crippen molar-refractivity contribution in [2.45, 2.75) is 32.7 Å². The largest absolute Gasteiger partial charge is 0.480 e. The Morgan fingerprint density at radius 3 is 2.62 bits per heavy atom. The number of aliphatic carboxylic acids is 1. The third-order valence-electron chi connectivity index (χ3n) is 3.28. The van der Waals surface area contributed by atoms with E-state index in [9.17, 15) is 19.7 Å². The molecule has 0 radical (unpaired) electrons. The number of benzene rings is 1. The number of nitrogens with one attached hydrogen (secondary N) is 1. The molecule has 0 heterocycles. The molecule has 1 aromatic carbocycles. The molecule has 0 spiro atoms. The summed E-state index contributed by atoms with van der Waals surface area (Å²) >= 11 is 0. The van der Waals surface area contributed by atoms with Gasteiger partial charge in [0.05, 0.1) is 11.3 Å². The number of carboxylic acids is 1. The normalized spacial score (nSPS) is 13.2. The van der Waals surface area contributed by atoms with Crippen LogP contribution in [0, 0.1) is 16.0 Å². The lowest BCUT2D eigenvalue weighted by atomic mass is 9.99. The summed E-state index contributed by atoms with van der Waals surface area (Å²) in [5, 5.41) is 22.2. The molecule has 0 aliphatic heterocycles. The van der Waals surface area contributed by atoms with Gasteiger partial charge in [-0.15, -0.1) is 0 Å². The maximum absolute atomic E-state index is 11.9. The molecule has 0 aliphatic carbocycles. The van der Waals surface area contributed by atoms with E-state index in [0.717, 1.165) is 0 Å². The lowest BCUT2D eigenvalue weighted by Gasteiger charge is -2.20. The minimum absolute atomic E-state index is 0.0953. The number of non-ortho nitro benzene ring substituents is 1.